The van der Waals surface area contributed by atoms with Crippen molar-refractivity contribution in [3.63, 3.8) is 0 Å². The number of rotatable bonds is 10. The second kappa shape index (κ2) is 10.0. The van der Waals surface area contributed by atoms with E-state index in [1.54, 1.807) is 4.67 Å². The van der Waals surface area contributed by atoms with E-state index in [-0.39, 0.29) is 6.10 Å². The molecule has 0 spiro atoms. The Morgan fingerprint density at radius 3 is 2.23 bits per heavy atom. The summed E-state index contributed by atoms with van der Waals surface area (Å²) in [6.07, 6.45) is 6.51. The summed E-state index contributed by atoms with van der Waals surface area (Å²) in [5, 5.41) is 10.8. The van der Waals surface area contributed by atoms with Crippen LogP contribution in [0.15, 0.2) is 0 Å². The summed E-state index contributed by atoms with van der Waals surface area (Å²) in [6.45, 7) is 6.49. The highest BCUT2D eigenvalue weighted by Crippen LogP contribution is 2.54. The largest absolute Gasteiger partial charge is 0.345 e. The predicted octanol–water partition coefficient (Wildman–Crippen LogP) is 3.43. The number of unbranched alkanes of at least 4 members (excludes halogenated alkanes) is 2. The molecule has 0 aromatic heterocycles. The molecule has 1 fully saturated rings. The van der Waals surface area contributed by atoms with Gasteiger partial charge in [0.2, 0.25) is 0 Å². The van der Waals surface area contributed by atoms with Crippen molar-refractivity contribution >= 4 is 7.67 Å². The van der Waals surface area contributed by atoms with E-state index in [2.05, 4.69) is 13.8 Å². The number of hydrogen-bond acceptors (Lipinski definition) is 4. The van der Waals surface area contributed by atoms with Gasteiger partial charge in [-0.2, -0.15) is 5.06 Å². The lowest BCUT2D eigenvalue weighted by molar-refractivity contribution is -0.110. The van der Waals surface area contributed by atoms with Gasteiger partial charge in [-0.05, 0) is 26.9 Å². The number of nitrogens with zero attached hydrogens (tertiary/aromatic N) is 3. The van der Waals surface area contributed by atoms with Crippen molar-refractivity contribution in [1.82, 2.24) is 14.4 Å². The van der Waals surface area contributed by atoms with Crippen molar-refractivity contribution in [3.8, 4) is 0 Å². The molecule has 1 aliphatic rings. The van der Waals surface area contributed by atoms with Gasteiger partial charge in [-0.3, -0.25) is 4.57 Å². The Hall–Kier alpha value is 0.0300. The summed E-state index contributed by atoms with van der Waals surface area (Å²) in [4.78, 5) is 0. The zero-order valence-electron chi connectivity index (χ0n) is 14.7. The van der Waals surface area contributed by atoms with Crippen LogP contribution in [0, 0.1) is 0 Å². The minimum absolute atomic E-state index is 0.0527. The fourth-order valence-electron chi connectivity index (χ4n) is 2.74. The molecule has 0 saturated carbocycles. The normalized spacial score (nSPS) is 21.9. The zero-order chi connectivity index (χ0) is 16.6. The van der Waals surface area contributed by atoms with E-state index in [1.807, 2.05) is 18.8 Å². The molecule has 132 valence electrons. The maximum Gasteiger partial charge on any atom is 0.345 e. The summed E-state index contributed by atoms with van der Waals surface area (Å²) >= 11 is 0. The fraction of sp³-hybridized carbons (Fsp3) is 1.00. The van der Waals surface area contributed by atoms with Gasteiger partial charge in [0.15, 0.2) is 0 Å². The summed E-state index contributed by atoms with van der Waals surface area (Å²) in [7, 11) is 0.642. The molecule has 0 radical (unpaired) electrons. The lowest BCUT2D eigenvalue weighted by Gasteiger charge is -2.40. The van der Waals surface area contributed by atoms with Gasteiger partial charge >= 0.3 is 7.67 Å². The molecule has 0 aromatic rings. The Bertz CT molecular complexity index is 347. The first-order chi connectivity index (χ1) is 10.4. The maximum absolute atomic E-state index is 13.4. The van der Waals surface area contributed by atoms with E-state index in [4.69, 9.17) is 4.52 Å². The van der Waals surface area contributed by atoms with Crippen molar-refractivity contribution in [3.05, 3.63) is 0 Å². The van der Waals surface area contributed by atoms with Crippen molar-refractivity contribution in [1.29, 1.82) is 0 Å². The van der Waals surface area contributed by atoms with Crippen LogP contribution in [0.4, 0.5) is 0 Å². The average molecular weight is 335 g/mol. The van der Waals surface area contributed by atoms with E-state index < -0.39 is 7.67 Å². The molecule has 1 saturated heterocycles. The molecule has 1 rings (SSSR count). The number of hydroxylamine groups is 2. The van der Waals surface area contributed by atoms with Gasteiger partial charge in [-0.25, -0.2) is 9.34 Å². The Morgan fingerprint density at radius 1 is 1.09 bits per heavy atom. The van der Waals surface area contributed by atoms with Gasteiger partial charge in [0, 0.05) is 26.2 Å². The van der Waals surface area contributed by atoms with Crippen molar-refractivity contribution in [2.45, 2.75) is 58.5 Å². The summed E-state index contributed by atoms with van der Waals surface area (Å²) in [6, 6.07) is 0. The standard InChI is InChI=1S/C15H34N3O3P/c1-5-7-8-10-15(9-6-2)21-22(20,16(3)4)18-13-11-17(19)12-14-18/h15,19H,5-14H2,1-4H3/t15-,22?/m0/s1. The first-order valence-corrected chi connectivity index (χ1v) is 10.1. The lowest BCUT2D eigenvalue weighted by Crippen LogP contribution is -2.45. The van der Waals surface area contributed by atoms with Gasteiger partial charge in [0.05, 0.1) is 6.10 Å². The minimum atomic E-state index is -3.00. The Balaban J connectivity index is 2.72. The van der Waals surface area contributed by atoms with Gasteiger partial charge in [0.25, 0.3) is 0 Å². The van der Waals surface area contributed by atoms with E-state index in [0.29, 0.717) is 26.2 Å². The van der Waals surface area contributed by atoms with Crippen molar-refractivity contribution < 1.29 is 14.3 Å². The first kappa shape index (κ1) is 20.1. The molecule has 7 heteroatoms. The molecule has 0 bridgehead atoms. The molecule has 1 heterocycles. The highest BCUT2D eigenvalue weighted by Gasteiger charge is 2.38. The zero-order valence-corrected chi connectivity index (χ0v) is 15.6. The maximum atomic E-state index is 13.4. The SMILES string of the molecule is CCCCC[C@H](CCC)OP(=O)(N(C)C)N1CCN(O)CC1. The van der Waals surface area contributed by atoms with Crippen LogP contribution in [-0.2, 0) is 9.09 Å². The van der Waals surface area contributed by atoms with Crippen LogP contribution in [0.5, 0.6) is 0 Å². The first-order valence-electron chi connectivity index (χ1n) is 8.59. The molecule has 0 aromatic carbocycles. The Morgan fingerprint density at radius 2 is 1.73 bits per heavy atom. The quantitative estimate of drug-likeness (QED) is 0.488. The molecular weight excluding hydrogens is 301 g/mol. The Kier molecular flexibility index (Phi) is 9.14. The van der Waals surface area contributed by atoms with Crippen LogP contribution >= 0.6 is 7.67 Å². The lowest BCUT2D eigenvalue weighted by atomic mass is 10.1. The van der Waals surface area contributed by atoms with Gasteiger partial charge in [-0.1, -0.05) is 39.5 Å². The Labute approximate surface area is 135 Å². The fourth-order valence-corrected chi connectivity index (χ4v) is 4.85. The van der Waals surface area contributed by atoms with Gasteiger partial charge < -0.3 is 9.73 Å². The highest BCUT2D eigenvalue weighted by molar-refractivity contribution is 7.53. The number of piperazine rings is 1. The van der Waals surface area contributed by atoms with E-state index in [9.17, 15) is 9.77 Å². The molecule has 0 aliphatic carbocycles. The van der Waals surface area contributed by atoms with E-state index >= 15 is 0 Å². The molecule has 2 atom stereocenters. The highest BCUT2D eigenvalue weighted by atomic mass is 31.2. The third kappa shape index (κ3) is 5.91. The third-order valence-corrected chi connectivity index (χ3v) is 6.82. The minimum Gasteiger partial charge on any atom is -0.314 e. The molecule has 1 aliphatic heterocycles. The van der Waals surface area contributed by atoms with Crippen LogP contribution < -0.4 is 0 Å². The third-order valence-electron chi connectivity index (χ3n) is 4.12. The predicted molar refractivity (Wildman–Crippen MR) is 90.1 cm³/mol. The topological polar surface area (TPSA) is 56.2 Å². The van der Waals surface area contributed by atoms with Gasteiger partial charge in [0.1, 0.15) is 0 Å². The van der Waals surface area contributed by atoms with Gasteiger partial charge in [-0.15, -0.1) is 0 Å². The van der Waals surface area contributed by atoms with E-state index in [0.717, 1.165) is 25.7 Å². The number of hydrogen-bond donors (Lipinski definition) is 1. The summed E-state index contributed by atoms with van der Waals surface area (Å²) in [5.41, 5.74) is 0. The summed E-state index contributed by atoms with van der Waals surface area (Å²) < 4.78 is 23.2. The average Bonchev–Trinajstić information content (AvgIpc) is 2.48. The molecule has 22 heavy (non-hydrogen) atoms. The molecule has 1 unspecified atom stereocenters. The van der Waals surface area contributed by atoms with Crippen LogP contribution in [-0.4, -0.2) is 66.0 Å². The molecule has 1 N–H and O–H groups in total. The monoisotopic (exact) mass is 335 g/mol. The smallest absolute Gasteiger partial charge is 0.314 e. The van der Waals surface area contributed by atoms with Crippen LogP contribution in [0.2, 0.25) is 0 Å². The second-order valence-electron chi connectivity index (χ2n) is 6.26. The molecular formula is C15H34N3O3P. The second-order valence-corrected chi connectivity index (χ2v) is 8.81. The molecule has 0 amide bonds. The van der Waals surface area contributed by atoms with E-state index in [1.165, 1.54) is 17.9 Å². The molecule has 6 nitrogen and oxygen atoms in total. The van der Waals surface area contributed by atoms with Crippen molar-refractivity contribution in [2.24, 2.45) is 0 Å². The van der Waals surface area contributed by atoms with Crippen LogP contribution in [0.25, 0.3) is 0 Å². The summed E-state index contributed by atoms with van der Waals surface area (Å²) in [5.74, 6) is 0. The van der Waals surface area contributed by atoms with Crippen LogP contribution in [0.3, 0.4) is 0 Å². The van der Waals surface area contributed by atoms with Crippen molar-refractivity contribution in [2.75, 3.05) is 40.3 Å². The van der Waals surface area contributed by atoms with Crippen LogP contribution in [0.1, 0.15) is 52.4 Å².